The molecular weight excluding hydrogens is 332 g/mol. The molecule has 7 heteroatoms. The maximum atomic E-state index is 12.5. The number of piperidine rings is 1. The van der Waals surface area contributed by atoms with E-state index >= 15 is 0 Å². The fraction of sp³-hybridized carbons (Fsp3) is 0.529. The van der Waals surface area contributed by atoms with Crippen LogP contribution >= 0.6 is 11.6 Å². The molecule has 1 aromatic rings. The van der Waals surface area contributed by atoms with E-state index in [-0.39, 0.29) is 17.9 Å². The quantitative estimate of drug-likeness (QED) is 0.899. The predicted molar refractivity (Wildman–Crippen MR) is 92.7 cm³/mol. The Morgan fingerprint density at radius 2 is 2.00 bits per heavy atom. The van der Waals surface area contributed by atoms with Crippen molar-refractivity contribution < 1.29 is 19.1 Å². The number of hydrogen-bond donors (Lipinski definition) is 1. The number of nitrogens with one attached hydrogen (secondary N) is 1. The molecule has 1 N–H and O–H groups in total. The number of rotatable bonds is 4. The molecule has 0 unspecified atom stereocenters. The zero-order valence-corrected chi connectivity index (χ0v) is 15.0. The molecule has 1 aromatic carbocycles. The van der Waals surface area contributed by atoms with E-state index in [2.05, 4.69) is 5.32 Å². The number of nitrogens with zero attached hydrogens (tertiary/aromatic N) is 1. The first-order chi connectivity index (χ1) is 11.5. The molecule has 6 nitrogen and oxygen atoms in total. The molecule has 0 radical (unpaired) electrons. The molecule has 0 bridgehead atoms. The Hall–Kier alpha value is -1.95. The summed E-state index contributed by atoms with van der Waals surface area (Å²) in [5, 5.41) is 3.50. The van der Waals surface area contributed by atoms with Gasteiger partial charge in [-0.15, -0.1) is 0 Å². The summed E-state index contributed by atoms with van der Waals surface area (Å²) in [6.07, 6.45) is 0.908. The topological polar surface area (TPSA) is 67.9 Å². The lowest BCUT2D eigenvalue weighted by Crippen LogP contribution is -2.41. The fourth-order valence-corrected chi connectivity index (χ4v) is 2.86. The highest BCUT2D eigenvalue weighted by atomic mass is 35.5. The second-order valence-electron chi connectivity index (χ2n) is 5.75. The van der Waals surface area contributed by atoms with E-state index in [9.17, 15) is 9.59 Å². The third kappa shape index (κ3) is 4.32. The van der Waals surface area contributed by atoms with Crippen molar-refractivity contribution in [2.75, 3.05) is 32.1 Å². The van der Waals surface area contributed by atoms with Gasteiger partial charge < -0.3 is 19.7 Å². The second kappa shape index (κ2) is 8.24. The Balaban J connectivity index is 1.97. The van der Waals surface area contributed by atoms with Crippen molar-refractivity contribution in [1.82, 2.24) is 4.90 Å². The van der Waals surface area contributed by atoms with Crippen molar-refractivity contribution in [2.24, 2.45) is 5.92 Å². The average Bonchev–Trinajstić information content (AvgIpc) is 2.58. The summed E-state index contributed by atoms with van der Waals surface area (Å²) < 4.78 is 10.3. The van der Waals surface area contributed by atoms with Crippen LogP contribution in [0.3, 0.4) is 0 Å². The van der Waals surface area contributed by atoms with E-state index in [1.54, 1.807) is 24.0 Å². The van der Waals surface area contributed by atoms with Crippen molar-refractivity contribution in [3.63, 3.8) is 0 Å². The van der Waals surface area contributed by atoms with Crippen LogP contribution in [0.1, 0.15) is 25.3 Å². The summed E-state index contributed by atoms with van der Waals surface area (Å²) in [6, 6.07) is 3.49. The number of halogens is 1. The van der Waals surface area contributed by atoms with Gasteiger partial charge in [-0.05, 0) is 38.3 Å². The van der Waals surface area contributed by atoms with E-state index < -0.39 is 0 Å². The average molecular weight is 355 g/mol. The highest BCUT2D eigenvalue weighted by Crippen LogP contribution is 2.32. The Kier molecular flexibility index (Phi) is 6.31. The molecule has 0 saturated carbocycles. The van der Waals surface area contributed by atoms with E-state index in [0.29, 0.717) is 49.0 Å². The van der Waals surface area contributed by atoms with Gasteiger partial charge in [-0.3, -0.25) is 4.79 Å². The Labute approximate surface area is 147 Å². The highest BCUT2D eigenvalue weighted by molar-refractivity contribution is 6.31. The lowest BCUT2D eigenvalue weighted by atomic mass is 9.96. The summed E-state index contributed by atoms with van der Waals surface area (Å²) in [4.78, 5) is 25.8. The van der Waals surface area contributed by atoms with Gasteiger partial charge in [0.05, 0.1) is 19.4 Å². The lowest BCUT2D eigenvalue weighted by molar-refractivity contribution is -0.121. The monoisotopic (exact) mass is 354 g/mol. The first-order valence-electron chi connectivity index (χ1n) is 8.03. The molecule has 132 valence electrons. The van der Waals surface area contributed by atoms with E-state index in [1.165, 1.54) is 7.11 Å². The molecule has 2 rings (SSSR count). The van der Waals surface area contributed by atoms with E-state index in [1.807, 2.05) is 6.92 Å². The van der Waals surface area contributed by atoms with Gasteiger partial charge in [-0.1, -0.05) is 11.6 Å². The van der Waals surface area contributed by atoms with Crippen molar-refractivity contribution in [3.8, 4) is 5.75 Å². The smallest absolute Gasteiger partial charge is 0.409 e. The summed E-state index contributed by atoms with van der Waals surface area (Å²) in [5.74, 6) is 0.317. The summed E-state index contributed by atoms with van der Waals surface area (Å²) >= 11 is 6.08. The molecule has 1 aliphatic heterocycles. The number of amides is 2. The molecule has 0 aromatic heterocycles. The Bertz CT molecular complexity index is 613. The van der Waals surface area contributed by atoms with E-state index in [4.69, 9.17) is 21.1 Å². The van der Waals surface area contributed by atoms with Crippen LogP contribution < -0.4 is 10.1 Å². The summed E-state index contributed by atoms with van der Waals surface area (Å²) in [5.41, 5.74) is 1.47. The van der Waals surface area contributed by atoms with Crippen LogP contribution in [-0.2, 0) is 9.53 Å². The van der Waals surface area contributed by atoms with Crippen molar-refractivity contribution in [3.05, 3.63) is 22.7 Å². The van der Waals surface area contributed by atoms with Crippen LogP contribution in [0.25, 0.3) is 0 Å². The number of benzene rings is 1. The minimum absolute atomic E-state index is 0.0708. The zero-order valence-electron chi connectivity index (χ0n) is 14.2. The fourth-order valence-electron chi connectivity index (χ4n) is 2.70. The molecule has 0 aliphatic carbocycles. The molecule has 24 heavy (non-hydrogen) atoms. The van der Waals surface area contributed by atoms with Crippen molar-refractivity contribution in [1.29, 1.82) is 0 Å². The van der Waals surface area contributed by atoms with Crippen LogP contribution in [0.4, 0.5) is 10.5 Å². The summed E-state index contributed by atoms with van der Waals surface area (Å²) in [6.45, 7) is 5.05. The number of carbonyl (C=O) groups excluding carboxylic acids is 2. The number of likely N-dealkylation sites (tertiary alicyclic amines) is 1. The Morgan fingerprint density at radius 3 is 2.58 bits per heavy atom. The van der Waals surface area contributed by atoms with Gasteiger partial charge in [-0.25, -0.2) is 4.79 Å². The first kappa shape index (κ1) is 18.4. The molecule has 1 saturated heterocycles. The SMILES string of the molecule is CCOC(=O)N1CCC(C(=O)Nc2cc(C)c(Cl)cc2OC)CC1. The first-order valence-corrected chi connectivity index (χ1v) is 8.40. The van der Waals surface area contributed by atoms with Gasteiger partial charge in [-0.2, -0.15) is 0 Å². The molecule has 1 aliphatic rings. The predicted octanol–water partition coefficient (Wildman–Crippen LogP) is 3.46. The largest absolute Gasteiger partial charge is 0.495 e. The van der Waals surface area contributed by atoms with Crippen LogP contribution in [0.5, 0.6) is 5.75 Å². The number of aryl methyl sites for hydroxylation is 1. The minimum Gasteiger partial charge on any atom is -0.495 e. The van der Waals surface area contributed by atoms with Gasteiger partial charge >= 0.3 is 6.09 Å². The minimum atomic E-state index is -0.314. The maximum Gasteiger partial charge on any atom is 0.409 e. The number of methoxy groups -OCH3 is 1. The van der Waals surface area contributed by atoms with Gasteiger partial charge in [0.25, 0.3) is 0 Å². The van der Waals surface area contributed by atoms with Gasteiger partial charge in [0, 0.05) is 30.1 Å². The number of anilines is 1. The maximum absolute atomic E-state index is 12.5. The number of ether oxygens (including phenoxy) is 2. The molecule has 1 heterocycles. The lowest BCUT2D eigenvalue weighted by Gasteiger charge is -2.30. The molecular formula is C17H23ClN2O4. The number of hydrogen-bond acceptors (Lipinski definition) is 4. The van der Waals surface area contributed by atoms with Crippen LogP contribution in [0.2, 0.25) is 5.02 Å². The third-order valence-electron chi connectivity index (χ3n) is 4.13. The zero-order chi connectivity index (χ0) is 17.7. The van der Waals surface area contributed by atoms with Gasteiger partial charge in [0.2, 0.25) is 5.91 Å². The van der Waals surface area contributed by atoms with Crippen LogP contribution in [-0.4, -0.2) is 43.7 Å². The second-order valence-corrected chi connectivity index (χ2v) is 6.16. The summed E-state index contributed by atoms with van der Waals surface area (Å²) in [7, 11) is 1.54. The standard InChI is InChI=1S/C17H23ClN2O4/c1-4-24-17(22)20-7-5-12(6-8-20)16(21)19-14-9-11(2)13(18)10-15(14)23-3/h9-10,12H,4-8H2,1-3H3,(H,19,21). The molecule has 0 spiro atoms. The van der Waals surface area contributed by atoms with Gasteiger partial charge in [0.15, 0.2) is 0 Å². The van der Waals surface area contributed by atoms with Crippen LogP contribution in [0, 0.1) is 12.8 Å². The third-order valence-corrected chi connectivity index (χ3v) is 4.54. The molecule has 2 amide bonds. The van der Waals surface area contributed by atoms with Crippen LogP contribution in [0.15, 0.2) is 12.1 Å². The Morgan fingerprint density at radius 1 is 1.33 bits per heavy atom. The van der Waals surface area contributed by atoms with E-state index in [0.717, 1.165) is 5.56 Å². The van der Waals surface area contributed by atoms with Crippen molar-refractivity contribution >= 4 is 29.3 Å². The molecule has 0 atom stereocenters. The van der Waals surface area contributed by atoms with Crippen molar-refractivity contribution in [2.45, 2.75) is 26.7 Å². The number of carbonyl (C=O) groups is 2. The normalized spacial score (nSPS) is 15.1. The highest BCUT2D eigenvalue weighted by Gasteiger charge is 2.28. The molecule has 1 fully saturated rings. The van der Waals surface area contributed by atoms with Gasteiger partial charge in [0.1, 0.15) is 5.75 Å².